The van der Waals surface area contributed by atoms with Crippen molar-refractivity contribution in [1.29, 1.82) is 0 Å². The maximum absolute atomic E-state index is 11.5. The molecular formula is C13H22N2O3. The molecule has 0 spiro atoms. The number of carboxylic acid groups (broad SMARTS) is 1. The minimum Gasteiger partial charge on any atom is -0.481 e. The van der Waals surface area contributed by atoms with Crippen molar-refractivity contribution < 1.29 is 14.7 Å². The van der Waals surface area contributed by atoms with Gasteiger partial charge in [0, 0.05) is 25.9 Å². The highest BCUT2D eigenvalue weighted by Gasteiger charge is 2.12. The van der Waals surface area contributed by atoms with Crippen LogP contribution < -0.4 is 5.32 Å². The molecule has 1 amide bonds. The van der Waals surface area contributed by atoms with Gasteiger partial charge in [-0.2, -0.15) is 0 Å². The predicted molar refractivity (Wildman–Crippen MR) is 69.8 cm³/mol. The third kappa shape index (κ3) is 7.04. The average Bonchev–Trinajstić information content (AvgIpc) is 2.83. The van der Waals surface area contributed by atoms with E-state index in [1.54, 1.807) is 0 Å². The number of amides is 1. The Morgan fingerprint density at radius 3 is 2.78 bits per heavy atom. The van der Waals surface area contributed by atoms with Crippen molar-refractivity contribution in [2.45, 2.75) is 44.9 Å². The molecule has 0 aromatic carbocycles. The quantitative estimate of drug-likeness (QED) is 0.614. The number of carbonyl (C=O) groups is 2. The summed E-state index contributed by atoms with van der Waals surface area (Å²) in [6, 6.07) is 0. The van der Waals surface area contributed by atoms with Gasteiger partial charge in [-0.3, -0.25) is 14.6 Å². The monoisotopic (exact) mass is 254 g/mol. The molecular weight excluding hydrogens is 232 g/mol. The van der Waals surface area contributed by atoms with Gasteiger partial charge in [0.1, 0.15) is 0 Å². The second kappa shape index (κ2) is 8.66. The Kier molecular flexibility index (Phi) is 7.06. The van der Waals surface area contributed by atoms with Crippen molar-refractivity contribution in [3.05, 3.63) is 0 Å². The van der Waals surface area contributed by atoms with Gasteiger partial charge in [0.15, 0.2) is 0 Å². The van der Waals surface area contributed by atoms with Crippen molar-refractivity contribution in [3.63, 3.8) is 0 Å². The standard InChI is InChI=1S/C13H22N2O3/c16-12(6-5-11-7-9-14-10-11)15-8-3-1-2-4-13(17)18/h9,11H,1-8,10H2,(H,15,16)(H,17,18). The van der Waals surface area contributed by atoms with E-state index in [1.807, 2.05) is 6.21 Å². The summed E-state index contributed by atoms with van der Waals surface area (Å²) in [7, 11) is 0. The number of aliphatic imine (C=N–C) groups is 1. The Labute approximate surface area is 108 Å². The molecule has 0 aromatic rings. The fourth-order valence-corrected chi connectivity index (χ4v) is 1.96. The Hall–Kier alpha value is -1.39. The molecule has 1 unspecified atom stereocenters. The summed E-state index contributed by atoms with van der Waals surface area (Å²) < 4.78 is 0. The van der Waals surface area contributed by atoms with Crippen molar-refractivity contribution in [2.24, 2.45) is 10.9 Å². The zero-order valence-corrected chi connectivity index (χ0v) is 10.7. The fourth-order valence-electron chi connectivity index (χ4n) is 1.96. The lowest BCUT2D eigenvalue weighted by Gasteiger charge is -2.08. The van der Waals surface area contributed by atoms with Crippen LogP contribution >= 0.6 is 0 Å². The van der Waals surface area contributed by atoms with Gasteiger partial charge in [-0.15, -0.1) is 0 Å². The zero-order valence-electron chi connectivity index (χ0n) is 10.7. The minimum atomic E-state index is -0.752. The smallest absolute Gasteiger partial charge is 0.303 e. The molecule has 0 saturated heterocycles. The number of hydrogen-bond acceptors (Lipinski definition) is 3. The van der Waals surface area contributed by atoms with Gasteiger partial charge >= 0.3 is 5.97 Å². The van der Waals surface area contributed by atoms with Gasteiger partial charge < -0.3 is 10.4 Å². The number of nitrogens with zero attached hydrogens (tertiary/aromatic N) is 1. The van der Waals surface area contributed by atoms with Crippen LogP contribution in [0.25, 0.3) is 0 Å². The van der Waals surface area contributed by atoms with Crippen LogP contribution in [0.4, 0.5) is 0 Å². The van der Waals surface area contributed by atoms with Crippen molar-refractivity contribution in [1.82, 2.24) is 5.32 Å². The molecule has 0 fully saturated rings. The lowest BCUT2D eigenvalue weighted by atomic mass is 10.0. The first-order valence-electron chi connectivity index (χ1n) is 6.65. The number of carboxylic acids is 1. The Balaban J connectivity index is 1.88. The lowest BCUT2D eigenvalue weighted by molar-refractivity contribution is -0.137. The van der Waals surface area contributed by atoms with E-state index in [2.05, 4.69) is 10.3 Å². The van der Waals surface area contributed by atoms with Crippen molar-refractivity contribution in [2.75, 3.05) is 13.1 Å². The van der Waals surface area contributed by atoms with E-state index in [0.29, 0.717) is 25.3 Å². The minimum absolute atomic E-state index is 0.0973. The molecule has 5 heteroatoms. The molecule has 0 radical (unpaired) electrons. The van der Waals surface area contributed by atoms with Gasteiger partial charge in [0.2, 0.25) is 5.91 Å². The highest BCUT2D eigenvalue weighted by atomic mass is 16.4. The fraction of sp³-hybridized carbons (Fsp3) is 0.769. The summed E-state index contributed by atoms with van der Waals surface area (Å²) in [5.74, 6) is -0.107. The topological polar surface area (TPSA) is 78.8 Å². The van der Waals surface area contributed by atoms with E-state index < -0.39 is 5.97 Å². The molecule has 1 atom stereocenters. The van der Waals surface area contributed by atoms with Gasteiger partial charge in [-0.05, 0) is 37.8 Å². The molecule has 1 aliphatic heterocycles. The maximum Gasteiger partial charge on any atom is 0.303 e. The van der Waals surface area contributed by atoms with Crippen LogP contribution in [0.1, 0.15) is 44.9 Å². The predicted octanol–water partition coefficient (Wildman–Crippen LogP) is 1.62. The van der Waals surface area contributed by atoms with Crippen LogP contribution in [0.5, 0.6) is 0 Å². The first-order chi connectivity index (χ1) is 8.68. The zero-order chi connectivity index (χ0) is 13.2. The number of aliphatic carboxylic acids is 1. The van der Waals surface area contributed by atoms with Crippen LogP contribution in [0.3, 0.4) is 0 Å². The average molecular weight is 254 g/mol. The third-order valence-electron chi connectivity index (χ3n) is 3.10. The van der Waals surface area contributed by atoms with E-state index in [0.717, 1.165) is 32.2 Å². The highest BCUT2D eigenvalue weighted by molar-refractivity contribution is 5.75. The number of hydrogen-bond donors (Lipinski definition) is 2. The molecule has 0 aromatic heterocycles. The molecule has 0 saturated carbocycles. The van der Waals surface area contributed by atoms with Crippen LogP contribution in [0, 0.1) is 5.92 Å². The molecule has 1 aliphatic rings. The second-order valence-electron chi connectivity index (χ2n) is 4.74. The van der Waals surface area contributed by atoms with E-state index >= 15 is 0 Å². The normalized spacial score (nSPS) is 17.9. The molecule has 0 aliphatic carbocycles. The number of unbranched alkanes of at least 4 members (excludes halogenated alkanes) is 2. The molecule has 1 rings (SSSR count). The number of nitrogens with one attached hydrogen (secondary N) is 1. The SMILES string of the molecule is O=C(O)CCCCCNC(=O)CCC1CC=NC1. The summed E-state index contributed by atoms with van der Waals surface area (Å²) >= 11 is 0. The summed E-state index contributed by atoms with van der Waals surface area (Å²) in [5, 5.41) is 11.3. The first-order valence-corrected chi connectivity index (χ1v) is 6.65. The molecule has 102 valence electrons. The maximum atomic E-state index is 11.5. The largest absolute Gasteiger partial charge is 0.481 e. The molecule has 1 heterocycles. The lowest BCUT2D eigenvalue weighted by Crippen LogP contribution is -2.24. The number of carbonyl (C=O) groups excluding carboxylic acids is 1. The van der Waals surface area contributed by atoms with Gasteiger partial charge in [-0.1, -0.05) is 6.42 Å². The van der Waals surface area contributed by atoms with E-state index in [4.69, 9.17) is 5.11 Å². The van der Waals surface area contributed by atoms with Crippen LogP contribution in [-0.2, 0) is 9.59 Å². The highest BCUT2D eigenvalue weighted by Crippen LogP contribution is 2.14. The Morgan fingerprint density at radius 2 is 2.11 bits per heavy atom. The molecule has 0 bridgehead atoms. The first kappa shape index (κ1) is 14.7. The Bertz CT molecular complexity index is 295. The third-order valence-corrected chi connectivity index (χ3v) is 3.10. The summed E-state index contributed by atoms with van der Waals surface area (Å²) in [5.41, 5.74) is 0. The van der Waals surface area contributed by atoms with Gasteiger partial charge in [0.25, 0.3) is 0 Å². The second-order valence-corrected chi connectivity index (χ2v) is 4.74. The summed E-state index contributed by atoms with van der Waals surface area (Å²) in [6.45, 7) is 1.52. The van der Waals surface area contributed by atoms with Crippen molar-refractivity contribution >= 4 is 18.1 Å². The Morgan fingerprint density at radius 1 is 1.28 bits per heavy atom. The molecule has 2 N–H and O–H groups in total. The van der Waals surface area contributed by atoms with E-state index in [9.17, 15) is 9.59 Å². The van der Waals surface area contributed by atoms with Crippen LogP contribution in [-0.4, -0.2) is 36.3 Å². The van der Waals surface area contributed by atoms with Gasteiger partial charge in [0.05, 0.1) is 0 Å². The number of rotatable bonds is 9. The van der Waals surface area contributed by atoms with Crippen LogP contribution in [0.15, 0.2) is 4.99 Å². The van der Waals surface area contributed by atoms with E-state index in [1.165, 1.54) is 0 Å². The van der Waals surface area contributed by atoms with Crippen LogP contribution in [0.2, 0.25) is 0 Å². The van der Waals surface area contributed by atoms with Crippen molar-refractivity contribution in [3.8, 4) is 0 Å². The van der Waals surface area contributed by atoms with Gasteiger partial charge in [-0.25, -0.2) is 0 Å². The summed E-state index contributed by atoms with van der Waals surface area (Å²) in [4.78, 5) is 25.9. The molecule has 18 heavy (non-hydrogen) atoms. The molecule has 5 nitrogen and oxygen atoms in total. The summed E-state index contributed by atoms with van der Waals surface area (Å²) in [6.07, 6.45) is 7.02. The van der Waals surface area contributed by atoms with E-state index in [-0.39, 0.29) is 12.3 Å².